The fraction of sp³-hybridized carbons (Fsp3) is 0.500. The zero-order valence-electron chi connectivity index (χ0n) is 10.9. The van der Waals surface area contributed by atoms with Crippen LogP contribution < -0.4 is 0 Å². The third-order valence-corrected chi connectivity index (χ3v) is 2.86. The van der Waals surface area contributed by atoms with Crippen molar-refractivity contribution < 1.29 is 14.3 Å². The quantitative estimate of drug-likeness (QED) is 0.737. The van der Waals surface area contributed by atoms with E-state index in [0.717, 1.165) is 5.56 Å². The molecule has 0 radical (unpaired) electrons. The summed E-state index contributed by atoms with van der Waals surface area (Å²) in [6, 6.07) is 7.36. The monoisotopic (exact) mass is 236 g/mol. The lowest BCUT2D eigenvalue weighted by Gasteiger charge is -2.17. The first-order valence-electron chi connectivity index (χ1n) is 5.84. The van der Waals surface area contributed by atoms with Gasteiger partial charge in [-0.15, -0.1) is 0 Å². The lowest BCUT2D eigenvalue weighted by atomic mass is 10.1. The van der Waals surface area contributed by atoms with Crippen LogP contribution in [0.5, 0.6) is 0 Å². The molecule has 0 aliphatic carbocycles. The first-order chi connectivity index (χ1) is 8.06. The predicted octanol–water partition coefficient (Wildman–Crippen LogP) is 3.03. The van der Waals surface area contributed by atoms with Crippen molar-refractivity contribution in [2.45, 2.75) is 33.5 Å². The first-order valence-corrected chi connectivity index (χ1v) is 5.84. The summed E-state index contributed by atoms with van der Waals surface area (Å²) < 4.78 is 10.5. The molecule has 0 saturated heterocycles. The van der Waals surface area contributed by atoms with Gasteiger partial charge in [-0.2, -0.15) is 0 Å². The average molecular weight is 236 g/mol. The minimum atomic E-state index is -0.318. The molecule has 3 heteroatoms. The van der Waals surface area contributed by atoms with E-state index >= 15 is 0 Å². The molecule has 1 atom stereocenters. The number of carbonyl (C=O) groups excluding carboxylic acids is 1. The summed E-state index contributed by atoms with van der Waals surface area (Å²) in [4.78, 5) is 11.5. The molecular weight excluding hydrogens is 216 g/mol. The summed E-state index contributed by atoms with van der Waals surface area (Å²) in [7, 11) is 1.39. The van der Waals surface area contributed by atoms with Crippen LogP contribution in [0.25, 0.3) is 0 Å². The van der Waals surface area contributed by atoms with Crippen molar-refractivity contribution >= 4 is 5.97 Å². The third-order valence-electron chi connectivity index (χ3n) is 2.86. The molecule has 0 aliphatic heterocycles. The van der Waals surface area contributed by atoms with Gasteiger partial charge < -0.3 is 9.47 Å². The maximum absolute atomic E-state index is 11.5. The maximum Gasteiger partial charge on any atom is 0.338 e. The Morgan fingerprint density at radius 2 is 1.88 bits per heavy atom. The van der Waals surface area contributed by atoms with E-state index in [2.05, 4.69) is 13.8 Å². The SMILES string of the molecule is COC(=O)c1ccccc1COC(C)C(C)C. The van der Waals surface area contributed by atoms with E-state index in [9.17, 15) is 4.79 Å². The van der Waals surface area contributed by atoms with E-state index in [1.165, 1.54) is 7.11 Å². The Kier molecular flexibility index (Phi) is 5.16. The summed E-state index contributed by atoms with van der Waals surface area (Å²) in [6.45, 7) is 6.68. The molecule has 1 aromatic carbocycles. The lowest BCUT2D eigenvalue weighted by Crippen LogP contribution is -2.16. The number of hydrogen-bond acceptors (Lipinski definition) is 3. The Bertz CT molecular complexity index is 371. The van der Waals surface area contributed by atoms with Crippen molar-refractivity contribution in [2.75, 3.05) is 7.11 Å². The Morgan fingerprint density at radius 3 is 2.47 bits per heavy atom. The number of rotatable bonds is 5. The standard InChI is InChI=1S/C14H20O3/c1-10(2)11(3)17-9-12-7-5-6-8-13(12)14(15)16-4/h5-8,10-11H,9H2,1-4H3. The second-order valence-electron chi connectivity index (χ2n) is 4.41. The fourth-order valence-electron chi connectivity index (χ4n) is 1.37. The number of ether oxygens (including phenoxy) is 2. The molecule has 1 rings (SSSR count). The van der Waals surface area contributed by atoms with Crippen LogP contribution in [0.3, 0.4) is 0 Å². The van der Waals surface area contributed by atoms with E-state index in [4.69, 9.17) is 9.47 Å². The Labute approximate surface area is 103 Å². The fourth-order valence-corrected chi connectivity index (χ4v) is 1.37. The van der Waals surface area contributed by atoms with Crippen molar-refractivity contribution in [1.29, 1.82) is 0 Å². The van der Waals surface area contributed by atoms with Crippen LogP contribution in [-0.4, -0.2) is 19.2 Å². The van der Waals surface area contributed by atoms with Gasteiger partial charge in [0.15, 0.2) is 0 Å². The highest BCUT2D eigenvalue weighted by molar-refractivity contribution is 5.90. The van der Waals surface area contributed by atoms with Crippen molar-refractivity contribution in [3.63, 3.8) is 0 Å². The van der Waals surface area contributed by atoms with Gasteiger partial charge in [0.1, 0.15) is 0 Å². The number of hydrogen-bond donors (Lipinski definition) is 0. The molecule has 0 amide bonds. The van der Waals surface area contributed by atoms with Crippen LogP contribution in [0.15, 0.2) is 24.3 Å². The van der Waals surface area contributed by atoms with Gasteiger partial charge in [0, 0.05) is 0 Å². The Morgan fingerprint density at radius 1 is 1.24 bits per heavy atom. The highest BCUT2D eigenvalue weighted by Crippen LogP contribution is 2.14. The molecule has 0 N–H and O–H groups in total. The minimum absolute atomic E-state index is 0.167. The van der Waals surface area contributed by atoms with Crippen LogP contribution in [-0.2, 0) is 16.1 Å². The van der Waals surface area contributed by atoms with Crippen molar-refractivity contribution in [3.05, 3.63) is 35.4 Å². The number of esters is 1. The molecule has 0 bridgehead atoms. The highest BCUT2D eigenvalue weighted by Gasteiger charge is 2.13. The van der Waals surface area contributed by atoms with Gasteiger partial charge in [-0.05, 0) is 24.5 Å². The molecule has 94 valence electrons. The number of carbonyl (C=O) groups is 1. The van der Waals surface area contributed by atoms with Crippen molar-refractivity contribution in [3.8, 4) is 0 Å². The van der Waals surface area contributed by atoms with Gasteiger partial charge in [-0.25, -0.2) is 4.79 Å². The van der Waals surface area contributed by atoms with Gasteiger partial charge in [0.05, 0.1) is 25.4 Å². The van der Waals surface area contributed by atoms with Crippen LogP contribution in [0.2, 0.25) is 0 Å². The Hall–Kier alpha value is -1.35. The molecule has 0 saturated carbocycles. The summed E-state index contributed by atoms with van der Waals surface area (Å²) in [6.07, 6.45) is 0.167. The van der Waals surface area contributed by atoms with E-state index in [-0.39, 0.29) is 12.1 Å². The van der Waals surface area contributed by atoms with Crippen molar-refractivity contribution in [1.82, 2.24) is 0 Å². The molecule has 3 nitrogen and oxygen atoms in total. The topological polar surface area (TPSA) is 35.5 Å². The molecular formula is C14H20O3. The minimum Gasteiger partial charge on any atom is -0.465 e. The smallest absolute Gasteiger partial charge is 0.338 e. The summed E-state index contributed by atoms with van der Waals surface area (Å²) in [5.41, 5.74) is 1.44. The van der Waals surface area contributed by atoms with Crippen molar-refractivity contribution in [2.24, 2.45) is 5.92 Å². The number of methoxy groups -OCH3 is 1. The first kappa shape index (κ1) is 13.7. The molecule has 0 fully saturated rings. The molecule has 1 aromatic rings. The van der Waals surface area contributed by atoms with E-state index in [1.807, 2.05) is 25.1 Å². The van der Waals surface area contributed by atoms with E-state index in [1.54, 1.807) is 6.07 Å². The summed E-state index contributed by atoms with van der Waals surface area (Å²) in [5, 5.41) is 0. The molecule has 0 aromatic heterocycles. The largest absolute Gasteiger partial charge is 0.465 e. The van der Waals surface area contributed by atoms with Gasteiger partial charge >= 0.3 is 5.97 Å². The second-order valence-corrected chi connectivity index (χ2v) is 4.41. The van der Waals surface area contributed by atoms with Gasteiger partial charge in [0.2, 0.25) is 0 Å². The molecule has 0 aliphatic rings. The van der Waals surface area contributed by atoms with Crippen LogP contribution in [0.4, 0.5) is 0 Å². The summed E-state index contributed by atoms with van der Waals surface area (Å²) in [5.74, 6) is 0.140. The van der Waals surface area contributed by atoms with Gasteiger partial charge in [-0.1, -0.05) is 32.0 Å². The van der Waals surface area contributed by atoms with Gasteiger partial charge in [-0.3, -0.25) is 0 Å². The van der Waals surface area contributed by atoms with E-state index in [0.29, 0.717) is 18.1 Å². The number of benzene rings is 1. The third kappa shape index (κ3) is 3.86. The molecule has 0 spiro atoms. The zero-order chi connectivity index (χ0) is 12.8. The Balaban J connectivity index is 2.74. The normalized spacial score (nSPS) is 12.5. The molecule has 0 heterocycles. The predicted molar refractivity (Wildman–Crippen MR) is 66.9 cm³/mol. The second kappa shape index (κ2) is 6.40. The van der Waals surface area contributed by atoms with Crippen LogP contribution >= 0.6 is 0 Å². The van der Waals surface area contributed by atoms with Gasteiger partial charge in [0.25, 0.3) is 0 Å². The molecule has 17 heavy (non-hydrogen) atoms. The average Bonchev–Trinajstić information content (AvgIpc) is 2.35. The van der Waals surface area contributed by atoms with Crippen LogP contribution in [0.1, 0.15) is 36.7 Å². The lowest BCUT2D eigenvalue weighted by molar-refractivity contribution is 0.0225. The molecule has 1 unspecified atom stereocenters. The summed E-state index contributed by atoms with van der Waals surface area (Å²) >= 11 is 0. The van der Waals surface area contributed by atoms with Crippen LogP contribution in [0, 0.1) is 5.92 Å². The highest BCUT2D eigenvalue weighted by atomic mass is 16.5. The zero-order valence-corrected chi connectivity index (χ0v) is 10.9. The maximum atomic E-state index is 11.5. The van der Waals surface area contributed by atoms with E-state index < -0.39 is 0 Å².